The van der Waals surface area contributed by atoms with Gasteiger partial charge in [0.2, 0.25) is 5.95 Å². The van der Waals surface area contributed by atoms with Gasteiger partial charge in [0.15, 0.2) is 0 Å². The lowest BCUT2D eigenvalue weighted by molar-refractivity contribution is 0.120. The first-order chi connectivity index (χ1) is 8.28. The fourth-order valence-electron chi connectivity index (χ4n) is 1.99. The number of ether oxygens (including phenoxy) is 1. The molecule has 5 nitrogen and oxygen atoms in total. The van der Waals surface area contributed by atoms with Crippen molar-refractivity contribution < 1.29 is 4.74 Å². The first-order valence-corrected chi connectivity index (χ1v) is 6.23. The molecular formula is C12H19N3O2. The van der Waals surface area contributed by atoms with Gasteiger partial charge < -0.3 is 10.1 Å². The Morgan fingerprint density at radius 2 is 2.53 bits per heavy atom. The van der Waals surface area contributed by atoms with E-state index in [-0.39, 0.29) is 11.7 Å². The van der Waals surface area contributed by atoms with Gasteiger partial charge in [-0.25, -0.2) is 4.98 Å². The maximum absolute atomic E-state index is 11.4. The van der Waals surface area contributed by atoms with E-state index >= 15 is 0 Å². The molecule has 1 aromatic heterocycles. The van der Waals surface area contributed by atoms with Gasteiger partial charge in [0.1, 0.15) is 0 Å². The highest BCUT2D eigenvalue weighted by Crippen LogP contribution is 2.12. The molecular weight excluding hydrogens is 218 g/mol. The molecule has 1 unspecified atom stereocenters. The van der Waals surface area contributed by atoms with Crippen LogP contribution in [0.4, 0.5) is 5.95 Å². The summed E-state index contributed by atoms with van der Waals surface area (Å²) >= 11 is 0. The molecule has 0 spiro atoms. The lowest BCUT2D eigenvalue weighted by Gasteiger charge is -2.11. The fourth-order valence-corrected chi connectivity index (χ4v) is 1.99. The number of aromatic nitrogens is 2. The molecule has 2 heterocycles. The third-order valence-corrected chi connectivity index (χ3v) is 2.82. The predicted octanol–water partition coefficient (Wildman–Crippen LogP) is 1.31. The first kappa shape index (κ1) is 12.1. The second-order valence-corrected chi connectivity index (χ2v) is 4.35. The maximum Gasteiger partial charge on any atom is 0.252 e. The highest BCUT2D eigenvalue weighted by Gasteiger charge is 2.15. The molecule has 1 aliphatic rings. The zero-order valence-corrected chi connectivity index (χ0v) is 10.2. The van der Waals surface area contributed by atoms with Crippen molar-refractivity contribution in [2.75, 3.05) is 18.5 Å². The van der Waals surface area contributed by atoms with E-state index in [1.54, 1.807) is 6.07 Å². The summed E-state index contributed by atoms with van der Waals surface area (Å²) in [7, 11) is 0. The number of aryl methyl sites for hydroxylation is 1. The number of nitrogens with one attached hydrogen (secondary N) is 2. The second-order valence-electron chi connectivity index (χ2n) is 4.35. The zero-order chi connectivity index (χ0) is 12.1. The molecule has 0 saturated carbocycles. The third kappa shape index (κ3) is 3.56. The Morgan fingerprint density at radius 3 is 3.24 bits per heavy atom. The van der Waals surface area contributed by atoms with Crippen molar-refractivity contribution in [3.05, 3.63) is 22.1 Å². The van der Waals surface area contributed by atoms with Crippen molar-refractivity contribution in [3.63, 3.8) is 0 Å². The van der Waals surface area contributed by atoms with Crippen LogP contribution in [0.3, 0.4) is 0 Å². The number of hydrogen-bond acceptors (Lipinski definition) is 4. The van der Waals surface area contributed by atoms with Crippen molar-refractivity contribution >= 4 is 5.95 Å². The van der Waals surface area contributed by atoms with Crippen LogP contribution in [0.25, 0.3) is 0 Å². The van der Waals surface area contributed by atoms with Gasteiger partial charge in [0.05, 0.1) is 6.10 Å². The summed E-state index contributed by atoms with van der Waals surface area (Å²) < 4.78 is 5.50. The summed E-state index contributed by atoms with van der Waals surface area (Å²) in [4.78, 5) is 18.5. The molecule has 94 valence electrons. The van der Waals surface area contributed by atoms with Gasteiger partial charge in [0.25, 0.3) is 5.56 Å². The van der Waals surface area contributed by atoms with Crippen molar-refractivity contribution in [2.45, 2.75) is 38.7 Å². The van der Waals surface area contributed by atoms with Gasteiger partial charge in [-0.3, -0.25) is 9.78 Å². The fraction of sp³-hybridized carbons (Fsp3) is 0.667. The van der Waals surface area contributed by atoms with Crippen LogP contribution in [0, 0.1) is 0 Å². The summed E-state index contributed by atoms with van der Waals surface area (Å²) in [5.41, 5.74) is 0.740. The smallest absolute Gasteiger partial charge is 0.252 e. The molecule has 0 bridgehead atoms. The molecule has 2 N–H and O–H groups in total. The SMILES string of the molecule is CCCc1cc(=O)[nH]c(NCC2CCCO2)n1. The molecule has 1 fully saturated rings. The molecule has 1 atom stereocenters. The Kier molecular flexibility index (Phi) is 4.14. The number of aromatic amines is 1. The van der Waals surface area contributed by atoms with Crippen LogP contribution in [0.1, 0.15) is 31.9 Å². The average molecular weight is 237 g/mol. The summed E-state index contributed by atoms with van der Waals surface area (Å²) in [6, 6.07) is 1.56. The summed E-state index contributed by atoms with van der Waals surface area (Å²) in [5.74, 6) is 0.552. The summed E-state index contributed by atoms with van der Waals surface area (Å²) in [5, 5.41) is 3.13. The van der Waals surface area contributed by atoms with Crippen LogP contribution in [-0.4, -0.2) is 29.2 Å². The third-order valence-electron chi connectivity index (χ3n) is 2.82. The Balaban J connectivity index is 1.96. The van der Waals surface area contributed by atoms with Crippen LogP contribution >= 0.6 is 0 Å². The molecule has 17 heavy (non-hydrogen) atoms. The van der Waals surface area contributed by atoms with Gasteiger partial charge in [-0.15, -0.1) is 0 Å². The zero-order valence-electron chi connectivity index (χ0n) is 10.2. The lowest BCUT2D eigenvalue weighted by atomic mass is 10.2. The number of H-pyrrole nitrogens is 1. The lowest BCUT2D eigenvalue weighted by Crippen LogP contribution is -2.22. The largest absolute Gasteiger partial charge is 0.376 e. The second kappa shape index (κ2) is 5.82. The normalized spacial score (nSPS) is 19.5. The molecule has 5 heteroatoms. The minimum atomic E-state index is -0.0988. The van der Waals surface area contributed by atoms with E-state index < -0.39 is 0 Å². The molecule has 0 aromatic carbocycles. The highest BCUT2D eigenvalue weighted by atomic mass is 16.5. The number of nitrogens with zero attached hydrogens (tertiary/aromatic N) is 1. The molecule has 0 amide bonds. The van der Waals surface area contributed by atoms with E-state index in [4.69, 9.17) is 4.74 Å². The number of anilines is 1. The Labute approximate surface area is 101 Å². The molecule has 0 radical (unpaired) electrons. The Bertz CT molecular complexity index is 410. The van der Waals surface area contributed by atoms with Crippen molar-refractivity contribution in [1.82, 2.24) is 9.97 Å². The van der Waals surface area contributed by atoms with Gasteiger partial charge in [-0.1, -0.05) is 13.3 Å². The number of rotatable bonds is 5. The van der Waals surface area contributed by atoms with Crippen molar-refractivity contribution in [1.29, 1.82) is 0 Å². The van der Waals surface area contributed by atoms with Crippen LogP contribution < -0.4 is 10.9 Å². The quantitative estimate of drug-likeness (QED) is 0.810. The molecule has 1 aliphatic heterocycles. The van der Waals surface area contributed by atoms with E-state index in [1.165, 1.54) is 0 Å². The van der Waals surface area contributed by atoms with E-state index in [0.29, 0.717) is 12.5 Å². The predicted molar refractivity (Wildman–Crippen MR) is 66.3 cm³/mol. The first-order valence-electron chi connectivity index (χ1n) is 6.23. The summed E-state index contributed by atoms with van der Waals surface area (Å²) in [6.07, 6.45) is 4.26. The van der Waals surface area contributed by atoms with Gasteiger partial charge in [-0.2, -0.15) is 0 Å². The van der Waals surface area contributed by atoms with Gasteiger partial charge >= 0.3 is 0 Å². The van der Waals surface area contributed by atoms with Crippen molar-refractivity contribution in [3.8, 4) is 0 Å². The maximum atomic E-state index is 11.4. The van der Waals surface area contributed by atoms with Crippen LogP contribution in [-0.2, 0) is 11.2 Å². The highest BCUT2D eigenvalue weighted by molar-refractivity contribution is 5.25. The average Bonchev–Trinajstić information content (AvgIpc) is 2.79. The van der Waals surface area contributed by atoms with Gasteiger partial charge in [-0.05, 0) is 19.3 Å². The minimum Gasteiger partial charge on any atom is -0.376 e. The van der Waals surface area contributed by atoms with E-state index in [9.17, 15) is 4.79 Å². The standard InChI is InChI=1S/C12H19N3O2/c1-2-4-9-7-11(16)15-12(14-9)13-8-10-5-3-6-17-10/h7,10H,2-6,8H2,1H3,(H2,13,14,15,16). The summed E-state index contributed by atoms with van der Waals surface area (Å²) in [6.45, 7) is 3.62. The van der Waals surface area contributed by atoms with Crippen LogP contribution in [0.5, 0.6) is 0 Å². The monoisotopic (exact) mass is 237 g/mol. The van der Waals surface area contributed by atoms with E-state index in [1.807, 2.05) is 0 Å². The van der Waals surface area contributed by atoms with E-state index in [0.717, 1.165) is 38.0 Å². The van der Waals surface area contributed by atoms with Crippen molar-refractivity contribution in [2.24, 2.45) is 0 Å². The minimum absolute atomic E-state index is 0.0988. The molecule has 1 aromatic rings. The van der Waals surface area contributed by atoms with Crippen LogP contribution in [0.15, 0.2) is 10.9 Å². The molecule has 0 aliphatic carbocycles. The Hall–Kier alpha value is -1.36. The van der Waals surface area contributed by atoms with E-state index in [2.05, 4.69) is 22.2 Å². The van der Waals surface area contributed by atoms with Gasteiger partial charge in [0, 0.05) is 24.9 Å². The topological polar surface area (TPSA) is 67.0 Å². The molecule has 1 saturated heterocycles. The number of hydrogen-bond donors (Lipinski definition) is 2. The van der Waals surface area contributed by atoms with Crippen LogP contribution in [0.2, 0.25) is 0 Å². The Morgan fingerprint density at radius 1 is 1.65 bits per heavy atom. The molecule has 2 rings (SSSR count).